The first-order valence-corrected chi connectivity index (χ1v) is 4.60. The molecule has 1 aliphatic carbocycles. The van der Waals surface area contributed by atoms with E-state index in [1.165, 1.54) is 0 Å². The first-order valence-electron chi connectivity index (χ1n) is 4.60. The van der Waals surface area contributed by atoms with Crippen molar-refractivity contribution in [2.24, 2.45) is 0 Å². The molecule has 1 aromatic rings. The third-order valence-corrected chi connectivity index (χ3v) is 2.67. The van der Waals surface area contributed by atoms with E-state index in [0.717, 1.165) is 5.56 Å². The topological polar surface area (TPSA) is 0 Å². The Morgan fingerprint density at radius 1 is 1.15 bits per heavy atom. The van der Waals surface area contributed by atoms with E-state index in [9.17, 15) is 8.78 Å². The van der Waals surface area contributed by atoms with Gasteiger partial charge < -0.3 is 0 Å². The Morgan fingerprint density at radius 3 is 2.38 bits per heavy atom. The summed E-state index contributed by atoms with van der Waals surface area (Å²) in [7, 11) is 0. The highest BCUT2D eigenvalue weighted by molar-refractivity contribution is 5.21. The van der Waals surface area contributed by atoms with Gasteiger partial charge in [-0.2, -0.15) is 0 Å². The van der Waals surface area contributed by atoms with Gasteiger partial charge in [0.05, 0.1) is 0 Å². The van der Waals surface area contributed by atoms with Crippen molar-refractivity contribution in [1.29, 1.82) is 0 Å². The number of alkyl halides is 2. The maximum Gasteiger partial charge on any atom is 0.248 e. The van der Waals surface area contributed by atoms with E-state index in [2.05, 4.69) is 0 Å². The van der Waals surface area contributed by atoms with E-state index in [4.69, 9.17) is 0 Å². The summed E-state index contributed by atoms with van der Waals surface area (Å²) in [6, 6.07) is 9.60. The second-order valence-electron chi connectivity index (χ2n) is 3.71. The average Bonchev–Trinajstić information content (AvgIpc) is 2.48. The molecule has 1 aromatic carbocycles. The summed E-state index contributed by atoms with van der Waals surface area (Å²) >= 11 is 0. The van der Waals surface area contributed by atoms with Gasteiger partial charge in [0.25, 0.3) is 0 Å². The standard InChI is InChI=1S/C11H12F2/c12-11(13)7-6-10(8-11)9-4-2-1-3-5-9/h1-5,10H,6-8H2. The van der Waals surface area contributed by atoms with Crippen LogP contribution < -0.4 is 0 Å². The van der Waals surface area contributed by atoms with E-state index in [1.54, 1.807) is 0 Å². The molecule has 1 saturated carbocycles. The molecule has 1 atom stereocenters. The molecule has 1 fully saturated rings. The van der Waals surface area contributed by atoms with E-state index >= 15 is 0 Å². The molecule has 0 N–H and O–H groups in total. The first-order chi connectivity index (χ1) is 6.17. The lowest BCUT2D eigenvalue weighted by atomic mass is 9.98. The van der Waals surface area contributed by atoms with Crippen LogP contribution in [-0.2, 0) is 0 Å². The minimum atomic E-state index is -2.43. The zero-order valence-electron chi connectivity index (χ0n) is 7.34. The highest BCUT2D eigenvalue weighted by atomic mass is 19.3. The van der Waals surface area contributed by atoms with Gasteiger partial charge in [-0.3, -0.25) is 0 Å². The van der Waals surface area contributed by atoms with Crippen molar-refractivity contribution in [2.75, 3.05) is 0 Å². The number of hydrogen-bond acceptors (Lipinski definition) is 0. The molecule has 0 nitrogen and oxygen atoms in total. The molecule has 1 unspecified atom stereocenters. The van der Waals surface area contributed by atoms with Gasteiger partial charge in [-0.25, -0.2) is 8.78 Å². The van der Waals surface area contributed by atoms with Gasteiger partial charge in [0, 0.05) is 12.8 Å². The van der Waals surface area contributed by atoms with Crippen LogP contribution in [0.3, 0.4) is 0 Å². The summed E-state index contributed by atoms with van der Waals surface area (Å²) in [4.78, 5) is 0. The van der Waals surface area contributed by atoms with Crippen molar-refractivity contribution in [3.63, 3.8) is 0 Å². The second kappa shape index (κ2) is 3.09. The summed E-state index contributed by atoms with van der Waals surface area (Å²) in [6.45, 7) is 0. The van der Waals surface area contributed by atoms with Crippen LogP contribution in [0.25, 0.3) is 0 Å². The maximum atomic E-state index is 12.9. The van der Waals surface area contributed by atoms with Crippen molar-refractivity contribution in [3.8, 4) is 0 Å². The van der Waals surface area contributed by atoms with E-state index in [1.807, 2.05) is 30.3 Å². The zero-order valence-corrected chi connectivity index (χ0v) is 7.34. The first kappa shape index (κ1) is 8.67. The van der Waals surface area contributed by atoms with Gasteiger partial charge in [-0.1, -0.05) is 30.3 Å². The summed E-state index contributed by atoms with van der Waals surface area (Å²) in [6.07, 6.45) is 0.695. The molecular formula is C11H12F2. The highest BCUT2D eigenvalue weighted by Gasteiger charge is 2.39. The smallest absolute Gasteiger partial charge is 0.207 e. The van der Waals surface area contributed by atoms with Crippen molar-refractivity contribution < 1.29 is 8.78 Å². The van der Waals surface area contributed by atoms with Gasteiger partial charge in [-0.15, -0.1) is 0 Å². The summed E-state index contributed by atoms with van der Waals surface area (Å²) in [5.41, 5.74) is 1.06. The van der Waals surface area contributed by atoms with E-state index < -0.39 is 5.92 Å². The quantitative estimate of drug-likeness (QED) is 0.622. The molecule has 0 aromatic heterocycles. The van der Waals surface area contributed by atoms with Gasteiger partial charge in [0.1, 0.15) is 0 Å². The lowest BCUT2D eigenvalue weighted by molar-refractivity contribution is 0.00777. The summed E-state index contributed by atoms with van der Waals surface area (Å²) < 4.78 is 25.8. The normalized spacial score (nSPS) is 26.2. The molecule has 0 aliphatic heterocycles. The zero-order chi connectivity index (χ0) is 9.31. The highest BCUT2D eigenvalue weighted by Crippen LogP contribution is 2.43. The fourth-order valence-corrected chi connectivity index (χ4v) is 1.96. The molecule has 0 saturated heterocycles. The van der Waals surface area contributed by atoms with Crippen LogP contribution in [0, 0.1) is 0 Å². The summed E-state index contributed by atoms with van der Waals surface area (Å²) in [5, 5.41) is 0. The van der Waals surface area contributed by atoms with Crippen LogP contribution in [0.4, 0.5) is 8.78 Å². The molecule has 1 aliphatic rings. The van der Waals surface area contributed by atoms with Crippen LogP contribution >= 0.6 is 0 Å². The molecule has 0 radical (unpaired) electrons. The third-order valence-electron chi connectivity index (χ3n) is 2.67. The Balaban J connectivity index is 2.13. The monoisotopic (exact) mass is 182 g/mol. The third kappa shape index (κ3) is 1.87. The number of hydrogen-bond donors (Lipinski definition) is 0. The summed E-state index contributed by atoms with van der Waals surface area (Å²) in [5.74, 6) is -2.36. The number of benzene rings is 1. The Morgan fingerprint density at radius 2 is 1.85 bits per heavy atom. The predicted molar refractivity (Wildman–Crippen MR) is 48.0 cm³/mol. The lowest BCUT2D eigenvalue weighted by Gasteiger charge is -2.10. The Kier molecular flexibility index (Phi) is 2.06. The SMILES string of the molecule is FC1(F)CCC(c2ccccc2)C1. The number of halogens is 2. The van der Waals surface area contributed by atoms with Gasteiger partial charge >= 0.3 is 0 Å². The van der Waals surface area contributed by atoms with Crippen LogP contribution in [0.2, 0.25) is 0 Å². The van der Waals surface area contributed by atoms with Gasteiger partial charge in [0.2, 0.25) is 5.92 Å². The Bertz CT molecular complexity index is 279. The Hall–Kier alpha value is -0.920. The van der Waals surface area contributed by atoms with Crippen molar-refractivity contribution >= 4 is 0 Å². The van der Waals surface area contributed by atoms with Crippen molar-refractivity contribution in [2.45, 2.75) is 31.1 Å². The molecule has 70 valence electrons. The minimum absolute atomic E-state index is 0.0248. The molecule has 0 spiro atoms. The van der Waals surface area contributed by atoms with Crippen molar-refractivity contribution in [3.05, 3.63) is 35.9 Å². The molecule has 0 heterocycles. The fraction of sp³-hybridized carbons (Fsp3) is 0.455. The van der Waals surface area contributed by atoms with Crippen molar-refractivity contribution in [1.82, 2.24) is 0 Å². The van der Waals surface area contributed by atoms with Gasteiger partial charge in [0.15, 0.2) is 0 Å². The van der Waals surface area contributed by atoms with Crippen LogP contribution in [0.15, 0.2) is 30.3 Å². The predicted octanol–water partition coefficient (Wildman–Crippen LogP) is 3.59. The molecule has 2 heteroatoms. The average molecular weight is 182 g/mol. The second-order valence-corrected chi connectivity index (χ2v) is 3.71. The maximum absolute atomic E-state index is 12.9. The Labute approximate surface area is 76.6 Å². The molecular weight excluding hydrogens is 170 g/mol. The lowest BCUT2D eigenvalue weighted by Crippen LogP contribution is -2.08. The molecule has 13 heavy (non-hydrogen) atoms. The van der Waals surface area contributed by atoms with E-state index in [0.29, 0.717) is 6.42 Å². The fourth-order valence-electron chi connectivity index (χ4n) is 1.96. The molecule has 0 bridgehead atoms. The minimum Gasteiger partial charge on any atom is -0.207 e. The van der Waals surface area contributed by atoms with Crippen LogP contribution in [-0.4, -0.2) is 5.92 Å². The molecule has 2 rings (SSSR count). The van der Waals surface area contributed by atoms with Crippen LogP contribution in [0.5, 0.6) is 0 Å². The largest absolute Gasteiger partial charge is 0.248 e. The molecule has 0 amide bonds. The van der Waals surface area contributed by atoms with E-state index in [-0.39, 0.29) is 18.8 Å². The van der Waals surface area contributed by atoms with Gasteiger partial charge in [-0.05, 0) is 17.9 Å². The van der Waals surface area contributed by atoms with Crippen LogP contribution in [0.1, 0.15) is 30.7 Å². The number of rotatable bonds is 1.